The number of anilines is 2. The molecule has 2 saturated heterocycles. The molecule has 3 fully saturated rings. The number of para-hydroxylation sites is 1. The molecule has 0 radical (unpaired) electrons. The topological polar surface area (TPSA) is 95.0 Å². The van der Waals surface area contributed by atoms with Crippen LogP contribution < -0.4 is 9.80 Å². The van der Waals surface area contributed by atoms with Crippen LogP contribution in [-0.2, 0) is 19.2 Å². The van der Waals surface area contributed by atoms with E-state index in [0.29, 0.717) is 28.2 Å². The Labute approximate surface area is 264 Å². The first kappa shape index (κ1) is 27.8. The molecule has 4 aromatic rings. The number of aromatic hydroxyl groups is 1. The normalized spacial score (nSPS) is 29.1. The van der Waals surface area contributed by atoms with Crippen molar-refractivity contribution in [2.24, 2.45) is 29.1 Å². The summed E-state index contributed by atoms with van der Waals surface area (Å²) < 4.78 is 0. The number of phenols is 1. The zero-order chi connectivity index (χ0) is 31.2. The van der Waals surface area contributed by atoms with Gasteiger partial charge in [-0.25, -0.2) is 4.90 Å². The average molecular weight is 617 g/mol. The molecule has 2 heterocycles. The van der Waals surface area contributed by atoms with Crippen molar-refractivity contribution in [1.82, 2.24) is 0 Å². The third-order valence-corrected chi connectivity index (χ3v) is 10.9. The summed E-state index contributed by atoms with van der Waals surface area (Å²) in [5, 5.41) is 12.7. The lowest BCUT2D eigenvalue weighted by molar-refractivity contribution is -0.131. The molecule has 6 atom stereocenters. The Morgan fingerprint density at radius 1 is 0.733 bits per heavy atom. The first-order valence-electron chi connectivity index (χ1n) is 15.2. The average Bonchev–Trinajstić information content (AvgIpc) is 3.42. The predicted octanol–water partition coefficient (Wildman–Crippen LogP) is 6.63. The fraction of sp³-hybridized carbons (Fsp3) is 0.243. The smallest absolute Gasteiger partial charge is 0.241 e. The summed E-state index contributed by atoms with van der Waals surface area (Å²) in [4.78, 5) is 59.6. The van der Waals surface area contributed by atoms with Gasteiger partial charge in [0, 0.05) is 16.3 Å². The number of phenolic OH excluding ortho intramolecular Hbond substituents is 1. The van der Waals surface area contributed by atoms with Gasteiger partial charge in [-0.3, -0.25) is 24.1 Å². The molecule has 1 N–H and O–H groups in total. The van der Waals surface area contributed by atoms with Crippen molar-refractivity contribution in [1.29, 1.82) is 0 Å². The van der Waals surface area contributed by atoms with Crippen molar-refractivity contribution in [3.05, 3.63) is 113 Å². The first-order valence-corrected chi connectivity index (χ1v) is 15.6. The van der Waals surface area contributed by atoms with Gasteiger partial charge in [-0.15, -0.1) is 0 Å². The maximum absolute atomic E-state index is 14.6. The summed E-state index contributed by atoms with van der Waals surface area (Å²) in [7, 11) is 0. The van der Waals surface area contributed by atoms with Crippen LogP contribution in [0, 0.1) is 29.1 Å². The molecule has 2 aliphatic heterocycles. The van der Waals surface area contributed by atoms with Gasteiger partial charge in [-0.2, -0.15) is 0 Å². The molecule has 4 aliphatic rings. The third kappa shape index (κ3) is 3.77. The minimum Gasteiger partial charge on any atom is -0.507 e. The fourth-order valence-electron chi connectivity index (χ4n) is 8.59. The molecule has 2 aliphatic carbocycles. The monoisotopic (exact) mass is 616 g/mol. The number of benzene rings is 4. The van der Waals surface area contributed by atoms with Gasteiger partial charge >= 0.3 is 0 Å². The summed E-state index contributed by atoms with van der Waals surface area (Å²) in [6.45, 7) is 1.87. The predicted molar refractivity (Wildman–Crippen MR) is 171 cm³/mol. The summed E-state index contributed by atoms with van der Waals surface area (Å²) in [5.74, 6) is -3.98. The van der Waals surface area contributed by atoms with E-state index in [4.69, 9.17) is 11.6 Å². The Kier molecular flexibility index (Phi) is 6.10. The highest BCUT2D eigenvalue weighted by Crippen LogP contribution is 2.64. The summed E-state index contributed by atoms with van der Waals surface area (Å²) >= 11 is 6.10. The number of allylic oxidation sites excluding steroid dienone is 2. The van der Waals surface area contributed by atoms with Crippen molar-refractivity contribution in [3.8, 4) is 5.75 Å². The molecular formula is C37H29ClN2O5. The zero-order valence-corrected chi connectivity index (χ0v) is 25.1. The van der Waals surface area contributed by atoms with Crippen molar-refractivity contribution >= 4 is 57.4 Å². The van der Waals surface area contributed by atoms with Gasteiger partial charge in [-0.1, -0.05) is 71.8 Å². The molecule has 8 heteroatoms. The molecular weight excluding hydrogens is 588 g/mol. The van der Waals surface area contributed by atoms with E-state index in [1.54, 1.807) is 54.6 Å². The van der Waals surface area contributed by atoms with Crippen LogP contribution in [0.1, 0.15) is 31.2 Å². The number of imide groups is 2. The van der Waals surface area contributed by atoms with E-state index in [1.165, 1.54) is 9.80 Å². The number of hydrogen-bond donors (Lipinski definition) is 1. The number of fused-ring (bicyclic) bond motifs is 5. The maximum Gasteiger partial charge on any atom is 0.241 e. The summed E-state index contributed by atoms with van der Waals surface area (Å²) in [6.07, 6.45) is 2.67. The Bertz CT molecular complexity index is 1970. The van der Waals surface area contributed by atoms with Gasteiger partial charge in [-0.05, 0) is 79.1 Å². The number of halogens is 1. The highest BCUT2D eigenvalue weighted by Gasteiger charge is 2.67. The van der Waals surface area contributed by atoms with Gasteiger partial charge in [0.2, 0.25) is 23.6 Å². The summed E-state index contributed by atoms with van der Waals surface area (Å²) in [5.41, 5.74) is 1.53. The van der Waals surface area contributed by atoms with Crippen LogP contribution in [-0.4, -0.2) is 28.7 Å². The highest BCUT2D eigenvalue weighted by atomic mass is 35.5. The second kappa shape index (κ2) is 9.88. The third-order valence-electron chi connectivity index (χ3n) is 10.6. The van der Waals surface area contributed by atoms with Crippen molar-refractivity contribution in [3.63, 3.8) is 0 Å². The lowest BCUT2D eigenvalue weighted by Crippen LogP contribution is -2.49. The lowest BCUT2D eigenvalue weighted by atomic mass is 9.51. The van der Waals surface area contributed by atoms with E-state index in [-0.39, 0.29) is 35.8 Å². The van der Waals surface area contributed by atoms with Crippen LogP contribution in [0.5, 0.6) is 5.75 Å². The SMILES string of the molecule is CC12C(=O)N(c3ccccc3)C(=O)C1CC1C(=CCC3C(=O)N(c4ccc(Cl)cc4)C(=O)C31)C2c1ccc(O)c2ccccc12. The number of nitrogens with zero attached hydrogens (tertiary/aromatic N) is 2. The van der Waals surface area contributed by atoms with Crippen LogP contribution in [0.15, 0.2) is 103 Å². The first-order chi connectivity index (χ1) is 21.7. The van der Waals surface area contributed by atoms with Crippen LogP contribution in [0.3, 0.4) is 0 Å². The molecule has 1 saturated carbocycles. The maximum atomic E-state index is 14.6. The van der Waals surface area contributed by atoms with Gasteiger partial charge in [0.15, 0.2) is 0 Å². The van der Waals surface area contributed by atoms with E-state index in [9.17, 15) is 24.3 Å². The highest BCUT2D eigenvalue weighted by molar-refractivity contribution is 6.31. The number of hydrogen-bond acceptors (Lipinski definition) is 5. The molecule has 45 heavy (non-hydrogen) atoms. The van der Waals surface area contributed by atoms with Crippen LogP contribution in [0.2, 0.25) is 5.02 Å². The van der Waals surface area contributed by atoms with E-state index in [0.717, 1.165) is 16.5 Å². The van der Waals surface area contributed by atoms with Crippen LogP contribution >= 0.6 is 11.6 Å². The van der Waals surface area contributed by atoms with Crippen LogP contribution in [0.25, 0.3) is 10.8 Å². The number of carbonyl (C=O) groups excluding carboxylic acids is 4. The molecule has 7 nitrogen and oxygen atoms in total. The number of rotatable bonds is 3. The van der Waals surface area contributed by atoms with E-state index < -0.39 is 35.0 Å². The Morgan fingerprint density at radius 3 is 2.13 bits per heavy atom. The molecule has 4 amide bonds. The minimum absolute atomic E-state index is 0.121. The standard InChI is InChI=1S/C37H29ClN2O5/c1-37-29(34(43)40(36(37)45)21-7-3-2-4-8-21)19-28-26(32(37)25-17-18-30(41)24-10-6-5-9-23(24)25)15-16-27-31(28)35(44)39(33(27)42)22-13-11-20(38)12-14-22/h2-15,17-18,27-29,31-32,41H,16,19H2,1H3. The Morgan fingerprint density at radius 2 is 1.40 bits per heavy atom. The Balaban J connectivity index is 1.31. The van der Waals surface area contributed by atoms with Crippen molar-refractivity contribution in [2.75, 3.05) is 9.80 Å². The van der Waals surface area contributed by atoms with Crippen molar-refractivity contribution < 1.29 is 24.3 Å². The Hall–Kier alpha value is -4.75. The fourth-order valence-corrected chi connectivity index (χ4v) is 8.71. The minimum atomic E-state index is -1.16. The second-order valence-corrected chi connectivity index (χ2v) is 13.1. The molecule has 0 bridgehead atoms. The van der Waals surface area contributed by atoms with Gasteiger partial charge in [0.1, 0.15) is 5.75 Å². The number of amides is 4. The van der Waals surface area contributed by atoms with E-state index in [2.05, 4.69) is 0 Å². The van der Waals surface area contributed by atoms with Gasteiger partial charge in [0.25, 0.3) is 0 Å². The van der Waals surface area contributed by atoms with E-state index in [1.807, 2.05) is 49.4 Å². The lowest BCUT2D eigenvalue weighted by Gasteiger charge is -2.49. The molecule has 0 spiro atoms. The van der Waals surface area contributed by atoms with Crippen LogP contribution in [0.4, 0.5) is 11.4 Å². The zero-order valence-electron chi connectivity index (χ0n) is 24.4. The molecule has 6 unspecified atom stereocenters. The van der Waals surface area contributed by atoms with Gasteiger partial charge < -0.3 is 5.11 Å². The second-order valence-electron chi connectivity index (χ2n) is 12.7. The molecule has 4 aromatic carbocycles. The number of carbonyl (C=O) groups is 4. The molecule has 0 aromatic heterocycles. The van der Waals surface area contributed by atoms with E-state index >= 15 is 0 Å². The molecule has 8 rings (SSSR count). The quantitative estimate of drug-likeness (QED) is 0.206. The largest absolute Gasteiger partial charge is 0.507 e. The summed E-state index contributed by atoms with van der Waals surface area (Å²) in [6, 6.07) is 26.6. The molecule has 224 valence electrons. The van der Waals surface area contributed by atoms with Crippen molar-refractivity contribution in [2.45, 2.75) is 25.7 Å². The van der Waals surface area contributed by atoms with Gasteiger partial charge in [0.05, 0.1) is 34.5 Å².